The summed E-state index contributed by atoms with van der Waals surface area (Å²) in [5, 5.41) is 0.174. The van der Waals surface area contributed by atoms with Crippen molar-refractivity contribution in [3.05, 3.63) is 28.0 Å². The molecule has 0 saturated heterocycles. The van der Waals surface area contributed by atoms with Crippen LogP contribution in [0.25, 0.3) is 0 Å². The Morgan fingerprint density at radius 1 is 1.40 bits per heavy atom. The highest BCUT2D eigenvalue weighted by molar-refractivity contribution is 9.09. The van der Waals surface area contributed by atoms with Gasteiger partial charge in [0.25, 0.3) is 0 Å². The second-order valence-corrected chi connectivity index (χ2v) is 7.64. The van der Waals surface area contributed by atoms with Crippen LogP contribution in [0.3, 0.4) is 0 Å². The molecule has 0 saturated carbocycles. The standard InChI is InChI=1S/C12H15BrCl2FNO2S/c1-8(7-13)3-2-6-17-20(18,19)10-5-4-9(14)12(16)11(10)15/h4-5,8,17H,2-3,6-7H2,1H3. The maximum Gasteiger partial charge on any atom is 0.242 e. The molecule has 0 aliphatic heterocycles. The molecule has 0 amide bonds. The van der Waals surface area contributed by atoms with Gasteiger partial charge >= 0.3 is 0 Å². The average Bonchev–Trinajstić information content (AvgIpc) is 2.40. The van der Waals surface area contributed by atoms with Crippen molar-refractivity contribution in [1.82, 2.24) is 4.72 Å². The first-order valence-corrected chi connectivity index (χ1v) is 9.34. The topological polar surface area (TPSA) is 46.2 Å². The van der Waals surface area contributed by atoms with E-state index in [9.17, 15) is 12.8 Å². The van der Waals surface area contributed by atoms with Crippen LogP contribution < -0.4 is 4.72 Å². The van der Waals surface area contributed by atoms with E-state index in [1.807, 2.05) is 0 Å². The van der Waals surface area contributed by atoms with Crippen LogP contribution in [0, 0.1) is 11.7 Å². The first kappa shape index (κ1) is 18.2. The van der Waals surface area contributed by atoms with Crippen molar-refractivity contribution in [3.8, 4) is 0 Å². The van der Waals surface area contributed by atoms with Gasteiger partial charge in [-0.3, -0.25) is 0 Å². The van der Waals surface area contributed by atoms with Gasteiger partial charge in [0.2, 0.25) is 10.0 Å². The van der Waals surface area contributed by atoms with Gasteiger partial charge in [-0.15, -0.1) is 0 Å². The number of rotatable bonds is 7. The number of halogens is 4. The predicted molar refractivity (Wildman–Crippen MR) is 83.8 cm³/mol. The molecule has 3 nitrogen and oxygen atoms in total. The quantitative estimate of drug-likeness (QED) is 0.418. The Morgan fingerprint density at radius 2 is 2.05 bits per heavy atom. The highest BCUT2D eigenvalue weighted by atomic mass is 79.9. The third-order valence-corrected chi connectivity index (χ3v) is 6.10. The lowest BCUT2D eigenvalue weighted by atomic mass is 10.1. The van der Waals surface area contributed by atoms with Crippen molar-refractivity contribution in [2.24, 2.45) is 5.92 Å². The van der Waals surface area contributed by atoms with E-state index in [0.717, 1.165) is 11.8 Å². The van der Waals surface area contributed by atoms with Crippen LogP contribution in [0.5, 0.6) is 0 Å². The first-order valence-electron chi connectivity index (χ1n) is 5.98. The monoisotopic (exact) mass is 405 g/mol. The lowest BCUT2D eigenvalue weighted by molar-refractivity contribution is 0.546. The van der Waals surface area contributed by atoms with Crippen LogP contribution in [-0.4, -0.2) is 20.3 Å². The van der Waals surface area contributed by atoms with Gasteiger partial charge in [0.15, 0.2) is 5.82 Å². The minimum atomic E-state index is -3.83. The molecule has 1 atom stereocenters. The molecular formula is C12H15BrCl2FNO2S. The summed E-state index contributed by atoms with van der Waals surface area (Å²) in [6, 6.07) is 2.36. The summed E-state index contributed by atoms with van der Waals surface area (Å²) in [4.78, 5) is -0.297. The van der Waals surface area contributed by atoms with Gasteiger partial charge in [-0.2, -0.15) is 0 Å². The Hall–Kier alpha value is 0.120. The van der Waals surface area contributed by atoms with Crippen molar-refractivity contribution >= 4 is 49.2 Å². The van der Waals surface area contributed by atoms with Crippen LogP contribution in [0.1, 0.15) is 19.8 Å². The molecule has 1 unspecified atom stereocenters. The predicted octanol–water partition coefficient (Wildman–Crippen LogP) is 4.22. The normalized spacial score (nSPS) is 13.4. The van der Waals surface area contributed by atoms with Crippen LogP contribution in [0.2, 0.25) is 10.0 Å². The zero-order valence-electron chi connectivity index (χ0n) is 10.8. The molecule has 1 aromatic rings. The Morgan fingerprint density at radius 3 is 2.65 bits per heavy atom. The zero-order chi connectivity index (χ0) is 15.3. The molecule has 0 bridgehead atoms. The number of hydrogen-bond donors (Lipinski definition) is 1. The molecule has 8 heteroatoms. The van der Waals surface area contributed by atoms with Crippen LogP contribution in [0.15, 0.2) is 17.0 Å². The van der Waals surface area contributed by atoms with Gasteiger partial charge in [-0.1, -0.05) is 46.1 Å². The second-order valence-electron chi connectivity index (χ2n) is 4.47. The first-order chi connectivity index (χ1) is 9.29. The minimum absolute atomic E-state index is 0.208. The van der Waals surface area contributed by atoms with E-state index in [2.05, 4.69) is 27.6 Å². The second kappa shape index (κ2) is 7.94. The lowest BCUT2D eigenvalue weighted by Gasteiger charge is -2.10. The average molecular weight is 407 g/mol. The number of benzene rings is 1. The van der Waals surface area contributed by atoms with Crippen LogP contribution in [-0.2, 0) is 10.0 Å². The fraction of sp³-hybridized carbons (Fsp3) is 0.500. The largest absolute Gasteiger partial charge is 0.242 e. The summed E-state index contributed by atoms with van der Waals surface area (Å²) in [5.74, 6) is -0.458. The molecule has 20 heavy (non-hydrogen) atoms. The summed E-state index contributed by atoms with van der Waals surface area (Å²) >= 11 is 14.6. The van der Waals surface area contributed by atoms with E-state index in [1.165, 1.54) is 12.1 Å². The Kier molecular flexibility index (Phi) is 7.21. The van der Waals surface area contributed by atoms with Crippen molar-refractivity contribution in [2.75, 3.05) is 11.9 Å². The Balaban J connectivity index is 2.73. The molecule has 114 valence electrons. The SMILES string of the molecule is CC(CBr)CCCNS(=O)(=O)c1ccc(Cl)c(F)c1Cl. The minimum Gasteiger partial charge on any atom is -0.211 e. The fourth-order valence-electron chi connectivity index (χ4n) is 1.53. The number of hydrogen-bond acceptors (Lipinski definition) is 2. The van der Waals surface area contributed by atoms with Crippen molar-refractivity contribution in [2.45, 2.75) is 24.7 Å². The van der Waals surface area contributed by atoms with E-state index >= 15 is 0 Å². The van der Waals surface area contributed by atoms with Crippen LogP contribution in [0.4, 0.5) is 4.39 Å². The highest BCUT2D eigenvalue weighted by Gasteiger charge is 2.21. The lowest BCUT2D eigenvalue weighted by Crippen LogP contribution is -2.25. The number of nitrogens with one attached hydrogen (secondary N) is 1. The van der Waals surface area contributed by atoms with Crippen LogP contribution >= 0.6 is 39.1 Å². The van der Waals surface area contributed by atoms with Gasteiger partial charge in [0.05, 0.1) is 10.0 Å². The summed E-state index contributed by atoms with van der Waals surface area (Å²) in [6.45, 7) is 2.34. The number of sulfonamides is 1. The fourth-order valence-corrected chi connectivity index (χ4v) is 3.67. The molecule has 0 aliphatic rings. The third-order valence-electron chi connectivity index (χ3n) is 2.72. The smallest absolute Gasteiger partial charge is 0.211 e. The molecule has 0 fully saturated rings. The molecule has 0 aliphatic carbocycles. The van der Waals surface area contributed by atoms with Gasteiger partial charge < -0.3 is 0 Å². The van der Waals surface area contributed by atoms with Gasteiger partial charge in [-0.25, -0.2) is 17.5 Å². The Labute approximate surface area is 137 Å². The molecule has 1 N–H and O–H groups in total. The summed E-state index contributed by atoms with van der Waals surface area (Å²) in [6.07, 6.45) is 1.58. The summed E-state index contributed by atoms with van der Waals surface area (Å²) in [5.41, 5.74) is 0. The maximum absolute atomic E-state index is 13.5. The zero-order valence-corrected chi connectivity index (χ0v) is 14.7. The van der Waals surface area contributed by atoms with E-state index < -0.39 is 20.9 Å². The van der Waals surface area contributed by atoms with Gasteiger partial charge in [-0.05, 0) is 30.9 Å². The molecule has 0 aromatic heterocycles. The highest BCUT2D eigenvalue weighted by Crippen LogP contribution is 2.29. The molecule has 1 rings (SSSR count). The Bertz CT molecular complexity index is 569. The molecule has 1 aromatic carbocycles. The van der Waals surface area contributed by atoms with E-state index in [1.54, 1.807) is 0 Å². The third kappa shape index (κ3) is 4.84. The van der Waals surface area contributed by atoms with Crippen molar-refractivity contribution < 1.29 is 12.8 Å². The van der Waals surface area contributed by atoms with E-state index in [4.69, 9.17) is 23.2 Å². The molecule has 0 spiro atoms. The number of alkyl halides is 1. The van der Waals surface area contributed by atoms with Crippen molar-refractivity contribution in [3.63, 3.8) is 0 Å². The molecular weight excluding hydrogens is 392 g/mol. The van der Waals surface area contributed by atoms with Gasteiger partial charge in [0.1, 0.15) is 4.90 Å². The van der Waals surface area contributed by atoms with E-state index in [0.29, 0.717) is 12.3 Å². The maximum atomic E-state index is 13.5. The molecule has 0 radical (unpaired) electrons. The van der Waals surface area contributed by atoms with Gasteiger partial charge in [0, 0.05) is 11.9 Å². The molecule has 0 heterocycles. The summed E-state index contributed by atoms with van der Waals surface area (Å²) in [7, 11) is -3.83. The summed E-state index contributed by atoms with van der Waals surface area (Å²) < 4.78 is 39.9. The van der Waals surface area contributed by atoms with E-state index in [-0.39, 0.29) is 16.5 Å². The van der Waals surface area contributed by atoms with Crippen molar-refractivity contribution in [1.29, 1.82) is 0 Å².